The number of benzene rings is 1. The van der Waals surface area contributed by atoms with Crippen molar-refractivity contribution in [2.75, 3.05) is 17.2 Å². The van der Waals surface area contributed by atoms with Gasteiger partial charge in [-0.3, -0.25) is 14.9 Å². The number of halogens is 1. The number of aryl methyl sites for hydroxylation is 1. The van der Waals surface area contributed by atoms with Crippen LogP contribution in [0.15, 0.2) is 12.1 Å². The number of imide groups is 1. The fraction of sp³-hybridized carbons (Fsp3) is 0.385. The highest BCUT2D eigenvalue weighted by Crippen LogP contribution is 2.32. The Morgan fingerprint density at radius 3 is 2.63 bits per heavy atom. The molecule has 1 heterocycles. The maximum Gasteiger partial charge on any atom is 0.251 e. The molecule has 1 aliphatic heterocycles. The van der Waals surface area contributed by atoms with Gasteiger partial charge in [0.1, 0.15) is 11.4 Å². The van der Waals surface area contributed by atoms with Crippen molar-refractivity contribution >= 4 is 23.2 Å². The number of carbonyl (C=O) groups excluding carboxylic acids is 2. The van der Waals surface area contributed by atoms with E-state index in [9.17, 15) is 14.0 Å². The minimum Gasteiger partial charge on any atom is -0.397 e. The van der Waals surface area contributed by atoms with Gasteiger partial charge in [0, 0.05) is 0 Å². The summed E-state index contributed by atoms with van der Waals surface area (Å²) in [7, 11) is 0. The Morgan fingerprint density at radius 1 is 1.37 bits per heavy atom. The van der Waals surface area contributed by atoms with Gasteiger partial charge in [0.25, 0.3) is 5.91 Å². The molecule has 0 aromatic heterocycles. The molecule has 2 amide bonds. The van der Waals surface area contributed by atoms with Crippen molar-refractivity contribution in [3.05, 3.63) is 23.5 Å². The predicted molar refractivity (Wildman–Crippen MR) is 70.1 cm³/mol. The molecule has 0 unspecified atom stereocenters. The number of rotatable bonds is 1. The molecular weight excluding hydrogens is 249 g/mol. The Labute approximate surface area is 110 Å². The van der Waals surface area contributed by atoms with Crippen LogP contribution >= 0.6 is 0 Å². The van der Waals surface area contributed by atoms with E-state index in [0.717, 1.165) is 0 Å². The first-order valence-electron chi connectivity index (χ1n) is 5.91. The third-order valence-electron chi connectivity index (χ3n) is 3.38. The number of carbonyl (C=O) groups is 2. The zero-order chi connectivity index (χ0) is 14.4. The molecule has 0 bridgehead atoms. The molecule has 102 valence electrons. The fourth-order valence-corrected chi connectivity index (χ4v) is 2.08. The van der Waals surface area contributed by atoms with Crippen LogP contribution in [0, 0.1) is 12.7 Å². The van der Waals surface area contributed by atoms with E-state index >= 15 is 0 Å². The number of hydrogen-bond acceptors (Lipinski definition) is 4. The molecule has 0 atom stereocenters. The lowest BCUT2D eigenvalue weighted by atomic mass is 9.96. The first kappa shape index (κ1) is 13.3. The standard InChI is InChI=1S/C13H16FN3O2/c1-7-4-10(9(15)5-8(7)14)17-6-11(18)16-12(19)13(17,2)3/h4-5H,6,15H2,1-3H3,(H,16,18,19). The zero-order valence-corrected chi connectivity index (χ0v) is 11.1. The topological polar surface area (TPSA) is 75.4 Å². The second-order valence-electron chi connectivity index (χ2n) is 5.18. The first-order chi connectivity index (χ1) is 8.73. The Bertz CT molecular complexity index is 569. The summed E-state index contributed by atoms with van der Waals surface area (Å²) in [6, 6.07) is 2.76. The van der Waals surface area contributed by atoms with Crippen LogP contribution in [-0.2, 0) is 9.59 Å². The van der Waals surface area contributed by atoms with E-state index < -0.39 is 23.2 Å². The Morgan fingerprint density at radius 2 is 2.00 bits per heavy atom. The molecule has 1 aromatic rings. The van der Waals surface area contributed by atoms with Crippen LogP contribution in [0.2, 0.25) is 0 Å². The Hall–Kier alpha value is -2.11. The minimum atomic E-state index is -0.924. The van der Waals surface area contributed by atoms with Crippen LogP contribution in [0.1, 0.15) is 19.4 Å². The molecule has 0 saturated carbocycles. The van der Waals surface area contributed by atoms with Gasteiger partial charge < -0.3 is 10.6 Å². The molecule has 0 aliphatic carbocycles. The SMILES string of the molecule is Cc1cc(N2CC(=O)NC(=O)C2(C)C)c(N)cc1F. The lowest BCUT2D eigenvalue weighted by Gasteiger charge is -2.42. The molecule has 1 saturated heterocycles. The predicted octanol–water partition coefficient (Wildman–Crippen LogP) is 0.958. The molecule has 1 aromatic carbocycles. The molecule has 0 radical (unpaired) electrons. The molecule has 1 aliphatic rings. The molecule has 0 spiro atoms. The summed E-state index contributed by atoms with van der Waals surface area (Å²) in [6.07, 6.45) is 0. The summed E-state index contributed by atoms with van der Waals surface area (Å²) in [5, 5.41) is 2.28. The van der Waals surface area contributed by atoms with Crippen molar-refractivity contribution < 1.29 is 14.0 Å². The largest absolute Gasteiger partial charge is 0.397 e. The lowest BCUT2D eigenvalue weighted by molar-refractivity contribution is -0.135. The van der Waals surface area contributed by atoms with Gasteiger partial charge in [-0.15, -0.1) is 0 Å². The quantitative estimate of drug-likeness (QED) is 0.586. The fourth-order valence-electron chi connectivity index (χ4n) is 2.08. The second kappa shape index (κ2) is 4.22. The highest BCUT2D eigenvalue weighted by molar-refractivity contribution is 6.07. The van der Waals surface area contributed by atoms with Gasteiger partial charge >= 0.3 is 0 Å². The monoisotopic (exact) mass is 265 g/mol. The van der Waals surface area contributed by atoms with Crippen molar-refractivity contribution in [1.29, 1.82) is 0 Å². The normalized spacial score (nSPS) is 18.4. The number of amides is 2. The summed E-state index contributed by atoms with van der Waals surface area (Å²) < 4.78 is 13.4. The maximum atomic E-state index is 13.4. The molecule has 5 nitrogen and oxygen atoms in total. The Kier molecular flexibility index (Phi) is 2.96. The maximum absolute atomic E-state index is 13.4. The van der Waals surface area contributed by atoms with Gasteiger partial charge in [-0.05, 0) is 38.5 Å². The van der Waals surface area contributed by atoms with E-state index in [1.165, 1.54) is 6.07 Å². The number of nitrogen functional groups attached to an aromatic ring is 1. The number of nitrogens with zero attached hydrogens (tertiary/aromatic N) is 1. The van der Waals surface area contributed by atoms with Crippen molar-refractivity contribution in [3.8, 4) is 0 Å². The summed E-state index contributed by atoms with van der Waals surface area (Å²) in [4.78, 5) is 25.0. The van der Waals surface area contributed by atoms with E-state index in [0.29, 0.717) is 11.3 Å². The third-order valence-corrected chi connectivity index (χ3v) is 3.38. The van der Waals surface area contributed by atoms with Crippen molar-refractivity contribution in [2.24, 2.45) is 0 Å². The second-order valence-corrected chi connectivity index (χ2v) is 5.18. The van der Waals surface area contributed by atoms with Gasteiger partial charge in [-0.2, -0.15) is 0 Å². The van der Waals surface area contributed by atoms with E-state index in [-0.39, 0.29) is 12.2 Å². The number of hydrogen-bond donors (Lipinski definition) is 2. The molecule has 3 N–H and O–H groups in total. The highest BCUT2D eigenvalue weighted by atomic mass is 19.1. The van der Waals surface area contributed by atoms with Crippen LogP contribution in [0.4, 0.5) is 15.8 Å². The van der Waals surface area contributed by atoms with Crippen LogP contribution in [0.25, 0.3) is 0 Å². The number of nitrogens with two attached hydrogens (primary N) is 1. The van der Waals surface area contributed by atoms with E-state index in [1.807, 2.05) is 0 Å². The molecule has 6 heteroatoms. The van der Waals surface area contributed by atoms with Gasteiger partial charge in [0.2, 0.25) is 5.91 Å². The summed E-state index contributed by atoms with van der Waals surface area (Å²) >= 11 is 0. The summed E-state index contributed by atoms with van der Waals surface area (Å²) in [6.45, 7) is 4.99. The minimum absolute atomic E-state index is 0.00795. The van der Waals surface area contributed by atoms with E-state index in [4.69, 9.17) is 5.73 Å². The first-order valence-corrected chi connectivity index (χ1v) is 5.91. The third kappa shape index (κ3) is 2.14. The molecule has 19 heavy (non-hydrogen) atoms. The van der Waals surface area contributed by atoms with Crippen LogP contribution in [-0.4, -0.2) is 23.9 Å². The zero-order valence-electron chi connectivity index (χ0n) is 11.1. The number of anilines is 2. The average molecular weight is 265 g/mol. The van der Waals surface area contributed by atoms with Crippen LogP contribution < -0.4 is 16.0 Å². The van der Waals surface area contributed by atoms with Crippen LogP contribution in [0.3, 0.4) is 0 Å². The highest BCUT2D eigenvalue weighted by Gasteiger charge is 2.41. The number of piperazine rings is 1. The molecule has 1 fully saturated rings. The van der Waals surface area contributed by atoms with Crippen molar-refractivity contribution in [1.82, 2.24) is 5.32 Å². The lowest BCUT2D eigenvalue weighted by Crippen LogP contribution is -2.64. The van der Waals surface area contributed by atoms with Gasteiger partial charge in [-0.1, -0.05) is 0 Å². The average Bonchev–Trinajstić information content (AvgIpc) is 2.29. The van der Waals surface area contributed by atoms with Crippen molar-refractivity contribution in [2.45, 2.75) is 26.3 Å². The van der Waals surface area contributed by atoms with Gasteiger partial charge in [0.15, 0.2) is 0 Å². The van der Waals surface area contributed by atoms with Gasteiger partial charge in [-0.25, -0.2) is 4.39 Å². The molecule has 2 rings (SSSR count). The van der Waals surface area contributed by atoms with E-state index in [1.54, 1.807) is 31.7 Å². The smallest absolute Gasteiger partial charge is 0.251 e. The van der Waals surface area contributed by atoms with Crippen LogP contribution in [0.5, 0.6) is 0 Å². The van der Waals surface area contributed by atoms with E-state index in [2.05, 4.69) is 5.32 Å². The number of nitrogens with one attached hydrogen (secondary N) is 1. The Balaban J connectivity index is 2.53. The summed E-state index contributed by atoms with van der Waals surface area (Å²) in [5.74, 6) is -1.21. The van der Waals surface area contributed by atoms with Gasteiger partial charge in [0.05, 0.1) is 17.9 Å². The van der Waals surface area contributed by atoms with Crippen molar-refractivity contribution in [3.63, 3.8) is 0 Å². The molecular formula is C13H16FN3O2. The summed E-state index contributed by atoms with van der Waals surface area (Å²) in [5.41, 5.74) is 6.00.